The summed E-state index contributed by atoms with van der Waals surface area (Å²) in [6.45, 7) is 4.38. The lowest BCUT2D eigenvalue weighted by Gasteiger charge is -2.32. The first-order chi connectivity index (χ1) is 13.2. The second kappa shape index (κ2) is 6.50. The molecule has 0 radical (unpaired) electrons. The van der Waals surface area contributed by atoms with Crippen LogP contribution in [-0.4, -0.2) is 32.9 Å². The van der Waals surface area contributed by atoms with Gasteiger partial charge in [0.1, 0.15) is 11.5 Å². The van der Waals surface area contributed by atoms with Crippen LogP contribution >= 0.6 is 11.6 Å². The lowest BCUT2D eigenvalue weighted by Crippen LogP contribution is -2.35. The van der Waals surface area contributed by atoms with Crippen LogP contribution in [0.2, 0.25) is 5.02 Å². The summed E-state index contributed by atoms with van der Waals surface area (Å²) in [5.41, 5.74) is 3.56. The van der Waals surface area contributed by atoms with E-state index in [4.69, 9.17) is 16.6 Å². The van der Waals surface area contributed by atoms with Crippen molar-refractivity contribution in [2.45, 2.75) is 19.8 Å². The number of fused-ring (bicyclic) bond motifs is 3. The molecule has 136 valence electrons. The summed E-state index contributed by atoms with van der Waals surface area (Å²) < 4.78 is 1.84. The number of aromatic nitrogens is 4. The van der Waals surface area contributed by atoms with Gasteiger partial charge in [-0.05, 0) is 43.0 Å². The van der Waals surface area contributed by atoms with E-state index in [1.165, 1.54) is 12.8 Å². The number of halogens is 1. The summed E-state index contributed by atoms with van der Waals surface area (Å²) in [5, 5.41) is 10.7. The third-order valence-corrected chi connectivity index (χ3v) is 5.56. The molecule has 1 aliphatic rings. The Morgan fingerprint density at radius 3 is 2.70 bits per heavy atom. The van der Waals surface area contributed by atoms with Crippen LogP contribution in [0.5, 0.6) is 0 Å². The highest BCUT2D eigenvalue weighted by atomic mass is 35.5. The Kier molecular flexibility index (Phi) is 3.97. The predicted molar refractivity (Wildman–Crippen MR) is 109 cm³/mol. The van der Waals surface area contributed by atoms with E-state index in [0.717, 1.165) is 46.7 Å². The summed E-state index contributed by atoms with van der Waals surface area (Å²) in [5.74, 6) is 1.71. The van der Waals surface area contributed by atoms with Gasteiger partial charge in [-0.25, -0.2) is 4.98 Å². The molecule has 0 spiro atoms. The van der Waals surface area contributed by atoms with Crippen LogP contribution in [-0.2, 0) is 0 Å². The van der Waals surface area contributed by atoms with Crippen LogP contribution < -0.4 is 4.90 Å². The second-order valence-electron chi connectivity index (χ2n) is 7.33. The van der Waals surface area contributed by atoms with Crippen molar-refractivity contribution in [3.05, 3.63) is 53.6 Å². The van der Waals surface area contributed by atoms with E-state index in [9.17, 15) is 0 Å². The van der Waals surface area contributed by atoms with Gasteiger partial charge in [-0.3, -0.25) is 0 Å². The number of benzene rings is 2. The number of hydrogen-bond donors (Lipinski definition) is 0. The molecule has 0 N–H and O–H groups in total. The first kappa shape index (κ1) is 16.5. The Labute approximate surface area is 162 Å². The fourth-order valence-corrected chi connectivity index (χ4v) is 4.09. The summed E-state index contributed by atoms with van der Waals surface area (Å²) in [6, 6.07) is 16.0. The van der Waals surface area contributed by atoms with Crippen molar-refractivity contribution in [1.29, 1.82) is 0 Å². The van der Waals surface area contributed by atoms with Gasteiger partial charge in [0.05, 0.1) is 5.52 Å². The molecule has 6 heteroatoms. The Morgan fingerprint density at radius 2 is 1.89 bits per heavy atom. The summed E-state index contributed by atoms with van der Waals surface area (Å²) in [6.07, 6.45) is 2.48. The van der Waals surface area contributed by atoms with Crippen molar-refractivity contribution in [2.75, 3.05) is 18.0 Å². The Balaban J connectivity index is 1.75. The molecular formula is C21H20ClN5. The molecule has 0 saturated carbocycles. The van der Waals surface area contributed by atoms with Crippen LogP contribution in [0.25, 0.3) is 27.8 Å². The van der Waals surface area contributed by atoms with Crippen LogP contribution in [0.3, 0.4) is 0 Å². The predicted octanol–water partition coefficient (Wildman–Crippen LogP) is 4.83. The monoisotopic (exact) mass is 377 g/mol. The number of anilines is 1. The van der Waals surface area contributed by atoms with E-state index >= 15 is 0 Å². The van der Waals surface area contributed by atoms with Gasteiger partial charge in [0.2, 0.25) is 0 Å². The zero-order valence-corrected chi connectivity index (χ0v) is 15.9. The molecule has 1 aliphatic heterocycles. The van der Waals surface area contributed by atoms with Crippen molar-refractivity contribution >= 4 is 34.0 Å². The molecule has 2 aromatic carbocycles. The summed E-state index contributed by atoms with van der Waals surface area (Å²) in [7, 11) is 0. The zero-order valence-electron chi connectivity index (χ0n) is 15.1. The molecule has 5 rings (SSSR count). The van der Waals surface area contributed by atoms with E-state index < -0.39 is 0 Å². The molecule has 1 saturated heterocycles. The van der Waals surface area contributed by atoms with Crippen LogP contribution in [0.15, 0.2) is 48.5 Å². The molecule has 4 aromatic rings. The van der Waals surface area contributed by atoms with Crippen LogP contribution in [0.4, 0.5) is 5.82 Å². The van der Waals surface area contributed by atoms with Crippen molar-refractivity contribution in [3.8, 4) is 11.3 Å². The van der Waals surface area contributed by atoms with Crippen molar-refractivity contribution in [1.82, 2.24) is 19.8 Å². The van der Waals surface area contributed by atoms with Crippen molar-refractivity contribution in [3.63, 3.8) is 0 Å². The lowest BCUT2D eigenvalue weighted by atomic mass is 10.00. The highest BCUT2D eigenvalue weighted by molar-refractivity contribution is 6.30. The first-order valence-corrected chi connectivity index (χ1v) is 9.73. The molecule has 0 aliphatic carbocycles. The first-order valence-electron chi connectivity index (χ1n) is 9.36. The SMILES string of the molecule is C[C@H]1CCCN(c2nc3c(-c4ccc(Cl)cc4)nnn3c3ccccc23)C1. The van der Waals surface area contributed by atoms with E-state index in [1.807, 2.05) is 34.8 Å². The van der Waals surface area contributed by atoms with E-state index in [-0.39, 0.29) is 0 Å². The van der Waals surface area contributed by atoms with E-state index in [2.05, 4.69) is 40.3 Å². The largest absolute Gasteiger partial charge is 0.356 e. The minimum Gasteiger partial charge on any atom is -0.356 e. The molecule has 0 unspecified atom stereocenters. The minimum atomic E-state index is 0.675. The van der Waals surface area contributed by atoms with Gasteiger partial charge in [-0.15, -0.1) is 5.10 Å². The van der Waals surface area contributed by atoms with Gasteiger partial charge in [-0.2, -0.15) is 4.52 Å². The number of hydrogen-bond acceptors (Lipinski definition) is 4. The fourth-order valence-electron chi connectivity index (χ4n) is 3.96. The average molecular weight is 378 g/mol. The average Bonchev–Trinajstić information content (AvgIpc) is 3.12. The summed E-state index contributed by atoms with van der Waals surface area (Å²) >= 11 is 6.05. The van der Waals surface area contributed by atoms with Crippen molar-refractivity contribution < 1.29 is 0 Å². The van der Waals surface area contributed by atoms with Gasteiger partial charge >= 0.3 is 0 Å². The number of para-hydroxylation sites is 1. The van der Waals surface area contributed by atoms with E-state index in [0.29, 0.717) is 10.9 Å². The zero-order chi connectivity index (χ0) is 18.4. The standard InChI is InChI=1S/C21H20ClN5/c1-14-5-4-12-26(13-14)20-17-6-2-3-7-18(17)27-21(23-20)19(24-25-27)15-8-10-16(22)11-9-15/h2-3,6-11,14H,4-5,12-13H2,1H3/t14-/m0/s1. The maximum atomic E-state index is 6.05. The number of rotatable bonds is 2. The van der Waals surface area contributed by atoms with Crippen molar-refractivity contribution in [2.24, 2.45) is 5.92 Å². The second-order valence-corrected chi connectivity index (χ2v) is 7.76. The highest BCUT2D eigenvalue weighted by Gasteiger charge is 2.22. The molecule has 2 aromatic heterocycles. The van der Waals surface area contributed by atoms with Crippen LogP contribution in [0.1, 0.15) is 19.8 Å². The number of piperidine rings is 1. The highest BCUT2D eigenvalue weighted by Crippen LogP contribution is 2.32. The Bertz CT molecular complexity index is 1120. The van der Waals surface area contributed by atoms with Gasteiger partial charge in [0.15, 0.2) is 5.65 Å². The normalized spacial score (nSPS) is 17.7. The molecule has 1 fully saturated rings. The Hall–Kier alpha value is -2.66. The summed E-state index contributed by atoms with van der Waals surface area (Å²) in [4.78, 5) is 7.46. The van der Waals surface area contributed by atoms with Gasteiger partial charge in [0, 0.05) is 29.1 Å². The molecule has 0 amide bonds. The maximum absolute atomic E-state index is 6.05. The molecule has 27 heavy (non-hydrogen) atoms. The smallest absolute Gasteiger partial charge is 0.186 e. The number of nitrogens with zero attached hydrogens (tertiary/aromatic N) is 5. The van der Waals surface area contributed by atoms with Gasteiger partial charge in [-0.1, -0.05) is 48.0 Å². The lowest BCUT2D eigenvalue weighted by molar-refractivity contribution is 0.445. The quantitative estimate of drug-likeness (QED) is 0.501. The third-order valence-electron chi connectivity index (χ3n) is 5.31. The fraction of sp³-hybridized carbons (Fsp3) is 0.286. The molecule has 3 heterocycles. The molecule has 1 atom stereocenters. The van der Waals surface area contributed by atoms with Gasteiger partial charge in [0.25, 0.3) is 0 Å². The third kappa shape index (κ3) is 2.82. The molecular weight excluding hydrogens is 358 g/mol. The topological polar surface area (TPSA) is 46.3 Å². The molecule has 5 nitrogen and oxygen atoms in total. The Morgan fingerprint density at radius 1 is 1.07 bits per heavy atom. The van der Waals surface area contributed by atoms with Crippen LogP contribution in [0, 0.1) is 5.92 Å². The van der Waals surface area contributed by atoms with E-state index in [1.54, 1.807) is 0 Å². The minimum absolute atomic E-state index is 0.675. The maximum Gasteiger partial charge on any atom is 0.186 e. The molecule has 0 bridgehead atoms. The van der Waals surface area contributed by atoms with Gasteiger partial charge < -0.3 is 4.90 Å².